The molecule has 0 aliphatic heterocycles. The molecule has 0 aromatic rings. The number of aliphatic carboxylic acids is 1. The van der Waals surface area contributed by atoms with Crippen LogP contribution in [-0.2, 0) is 4.79 Å². The van der Waals surface area contributed by atoms with Crippen molar-refractivity contribution in [2.24, 2.45) is 11.7 Å². The maximum atomic E-state index is 10.6. The molecule has 3 heteroatoms. The van der Waals surface area contributed by atoms with E-state index in [0.29, 0.717) is 0 Å². The third kappa shape index (κ3) is 3.19. The molecule has 0 aromatic heterocycles. The van der Waals surface area contributed by atoms with Crippen LogP contribution < -0.4 is 5.73 Å². The lowest BCUT2D eigenvalue weighted by molar-refractivity contribution is -0.139. The summed E-state index contributed by atoms with van der Waals surface area (Å²) < 4.78 is 0. The number of rotatable bonds is 2. The van der Waals surface area contributed by atoms with Crippen LogP contribution in [0.25, 0.3) is 0 Å². The van der Waals surface area contributed by atoms with Crippen LogP contribution in [0.15, 0.2) is 12.2 Å². The van der Waals surface area contributed by atoms with Crippen LogP contribution in [0.1, 0.15) is 32.1 Å². The molecule has 0 bridgehead atoms. The number of carboxylic acid groups (broad SMARTS) is 1. The Morgan fingerprint density at radius 1 is 1.46 bits per heavy atom. The third-order valence-electron chi connectivity index (χ3n) is 2.54. The van der Waals surface area contributed by atoms with E-state index in [1.807, 2.05) is 6.08 Å². The van der Waals surface area contributed by atoms with Gasteiger partial charge in [0.15, 0.2) is 0 Å². The molecule has 0 saturated heterocycles. The van der Waals surface area contributed by atoms with E-state index in [4.69, 9.17) is 10.8 Å². The highest BCUT2D eigenvalue weighted by atomic mass is 16.4. The van der Waals surface area contributed by atoms with Crippen molar-refractivity contribution in [3.8, 4) is 0 Å². The zero-order chi connectivity index (χ0) is 9.68. The summed E-state index contributed by atoms with van der Waals surface area (Å²) >= 11 is 0. The first-order chi connectivity index (χ1) is 6.22. The minimum absolute atomic E-state index is 0.0257. The van der Waals surface area contributed by atoms with Crippen molar-refractivity contribution in [2.45, 2.75) is 38.1 Å². The van der Waals surface area contributed by atoms with E-state index >= 15 is 0 Å². The van der Waals surface area contributed by atoms with Crippen LogP contribution >= 0.6 is 0 Å². The summed E-state index contributed by atoms with van der Waals surface area (Å²) in [5.41, 5.74) is 5.56. The van der Waals surface area contributed by atoms with Crippen molar-refractivity contribution in [1.29, 1.82) is 0 Å². The Hall–Kier alpha value is -0.830. The zero-order valence-corrected chi connectivity index (χ0v) is 7.78. The molecular formula is C10H17NO2. The smallest absolute Gasteiger partial charge is 0.321 e. The van der Waals surface area contributed by atoms with Gasteiger partial charge < -0.3 is 10.8 Å². The summed E-state index contributed by atoms with van der Waals surface area (Å²) in [5.74, 6) is -0.868. The van der Waals surface area contributed by atoms with Gasteiger partial charge in [0.1, 0.15) is 6.04 Å². The Balaban J connectivity index is 2.54. The van der Waals surface area contributed by atoms with Gasteiger partial charge in [0, 0.05) is 5.92 Å². The highest BCUT2D eigenvalue weighted by Crippen LogP contribution is 2.18. The van der Waals surface area contributed by atoms with Gasteiger partial charge in [0.2, 0.25) is 0 Å². The molecule has 2 atom stereocenters. The van der Waals surface area contributed by atoms with E-state index < -0.39 is 12.0 Å². The van der Waals surface area contributed by atoms with Crippen LogP contribution in [0, 0.1) is 5.92 Å². The fraction of sp³-hybridized carbons (Fsp3) is 0.700. The third-order valence-corrected chi connectivity index (χ3v) is 2.54. The quantitative estimate of drug-likeness (QED) is 0.638. The van der Waals surface area contributed by atoms with E-state index in [-0.39, 0.29) is 5.92 Å². The molecule has 3 N–H and O–H groups in total. The molecule has 13 heavy (non-hydrogen) atoms. The van der Waals surface area contributed by atoms with E-state index in [1.54, 1.807) is 0 Å². The van der Waals surface area contributed by atoms with Crippen molar-refractivity contribution in [1.82, 2.24) is 0 Å². The molecule has 2 unspecified atom stereocenters. The number of hydrogen-bond donors (Lipinski definition) is 2. The molecule has 0 amide bonds. The largest absolute Gasteiger partial charge is 0.480 e. The first kappa shape index (κ1) is 10.3. The lowest BCUT2D eigenvalue weighted by atomic mass is 9.91. The van der Waals surface area contributed by atoms with Gasteiger partial charge in [0.05, 0.1) is 0 Å². The predicted molar refractivity (Wildman–Crippen MR) is 51.3 cm³/mol. The van der Waals surface area contributed by atoms with Crippen molar-refractivity contribution < 1.29 is 9.90 Å². The second-order valence-corrected chi connectivity index (χ2v) is 3.59. The topological polar surface area (TPSA) is 63.3 Å². The van der Waals surface area contributed by atoms with Crippen LogP contribution in [0.2, 0.25) is 0 Å². The molecule has 0 radical (unpaired) electrons. The number of allylic oxidation sites excluding steroid dienone is 1. The molecule has 0 aromatic carbocycles. The molecule has 74 valence electrons. The second kappa shape index (κ2) is 5.02. The molecule has 3 nitrogen and oxygen atoms in total. The Kier molecular flexibility index (Phi) is 3.96. The molecule has 1 aliphatic rings. The molecule has 0 saturated carbocycles. The molecule has 0 fully saturated rings. The highest BCUT2D eigenvalue weighted by molar-refractivity contribution is 5.73. The molecule has 1 rings (SSSR count). The maximum absolute atomic E-state index is 10.6. The SMILES string of the molecule is NC(C(=O)O)C1/C=C\CCCCC1. The number of hydrogen-bond acceptors (Lipinski definition) is 2. The molecular weight excluding hydrogens is 166 g/mol. The van der Waals surface area contributed by atoms with E-state index in [2.05, 4.69) is 6.08 Å². The van der Waals surface area contributed by atoms with Crippen LogP contribution in [0.4, 0.5) is 0 Å². The maximum Gasteiger partial charge on any atom is 0.321 e. The van der Waals surface area contributed by atoms with E-state index in [9.17, 15) is 4.79 Å². The zero-order valence-electron chi connectivity index (χ0n) is 7.78. The number of carboxylic acids is 1. The Bertz CT molecular complexity index is 201. The number of nitrogens with two attached hydrogens (primary N) is 1. The summed E-state index contributed by atoms with van der Waals surface area (Å²) in [4.78, 5) is 10.6. The van der Waals surface area contributed by atoms with Crippen molar-refractivity contribution in [2.75, 3.05) is 0 Å². The summed E-state index contributed by atoms with van der Waals surface area (Å²) in [6, 6.07) is -0.727. The second-order valence-electron chi connectivity index (χ2n) is 3.59. The summed E-state index contributed by atoms with van der Waals surface area (Å²) in [5, 5.41) is 8.74. The van der Waals surface area contributed by atoms with E-state index in [1.165, 1.54) is 12.8 Å². The van der Waals surface area contributed by atoms with Gasteiger partial charge in [0.25, 0.3) is 0 Å². The van der Waals surface area contributed by atoms with Gasteiger partial charge in [-0.15, -0.1) is 0 Å². The normalized spacial score (nSPS) is 28.5. The lowest BCUT2D eigenvalue weighted by Gasteiger charge is -2.18. The van der Waals surface area contributed by atoms with Gasteiger partial charge >= 0.3 is 5.97 Å². The van der Waals surface area contributed by atoms with E-state index in [0.717, 1.165) is 19.3 Å². The van der Waals surface area contributed by atoms with Gasteiger partial charge in [-0.25, -0.2) is 0 Å². The van der Waals surface area contributed by atoms with Gasteiger partial charge in [-0.05, 0) is 19.3 Å². The van der Waals surface area contributed by atoms with Crippen molar-refractivity contribution in [3.05, 3.63) is 12.2 Å². The first-order valence-electron chi connectivity index (χ1n) is 4.87. The Labute approximate surface area is 78.6 Å². The minimum atomic E-state index is -0.893. The summed E-state index contributed by atoms with van der Waals surface area (Å²) in [6.45, 7) is 0. The predicted octanol–water partition coefficient (Wildman–Crippen LogP) is 1.53. The standard InChI is InChI=1S/C10H17NO2/c11-9(10(12)13)8-6-4-2-1-3-5-7-8/h4,6,8-9H,1-3,5,7,11H2,(H,12,13)/b6-4-. The number of carbonyl (C=O) groups is 1. The minimum Gasteiger partial charge on any atom is -0.480 e. The fourth-order valence-corrected chi connectivity index (χ4v) is 1.67. The van der Waals surface area contributed by atoms with Crippen molar-refractivity contribution in [3.63, 3.8) is 0 Å². The van der Waals surface area contributed by atoms with Gasteiger partial charge in [-0.1, -0.05) is 25.0 Å². The molecule has 1 aliphatic carbocycles. The monoisotopic (exact) mass is 183 g/mol. The van der Waals surface area contributed by atoms with Gasteiger partial charge in [-0.2, -0.15) is 0 Å². The highest BCUT2D eigenvalue weighted by Gasteiger charge is 2.21. The Morgan fingerprint density at radius 3 is 2.92 bits per heavy atom. The van der Waals surface area contributed by atoms with Crippen LogP contribution in [0.3, 0.4) is 0 Å². The first-order valence-corrected chi connectivity index (χ1v) is 4.87. The lowest BCUT2D eigenvalue weighted by Crippen LogP contribution is -2.37. The molecule has 0 heterocycles. The van der Waals surface area contributed by atoms with Crippen LogP contribution in [0.5, 0.6) is 0 Å². The fourth-order valence-electron chi connectivity index (χ4n) is 1.67. The Morgan fingerprint density at radius 2 is 2.23 bits per heavy atom. The summed E-state index contributed by atoms with van der Waals surface area (Å²) in [6.07, 6.45) is 9.49. The van der Waals surface area contributed by atoms with Crippen molar-refractivity contribution >= 4 is 5.97 Å². The average Bonchev–Trinajstić information content (AvgIpc) is 2.02. The van der Waals surface area contributed by atoms with Gasteiger partial charge in [-0.3, -0.25) is 4.79 Å². The molecule has 0 spiro atoms. The average molecular weight is 183 g/mol. The van der Waals surface area contributed by atoms with Crippen LogP contribution in [-0.4, -0.2) is 17.1 Å². The summed E-state index contributed by atoms with van der Waals surface area (Å²) in [7, 11) is 0.